The molecular formula is C76H99F3N10O10S4. The van der Waals surface area contributed by atoms with Crippen LogP contribution < -0.4 is 25.6 Å². The van der Waals surface area contributed by atoms with Gasteiger partial charge in [-0.2, -0.15) is 13.2 Å². The molecule has 3 saturated heterocycles. The van der Waals surface area contributed by atoms with Gasteiger partial charge < -0.3 is 35.8 Å². The maximum absolute atomic E-state index is 14.6. The number of carbonyl (C=O) groups is 5. The summed E-state index contributed by atoms with van der Waals surface area (Å²) in [5.41, 5.74) is 2.97. The third-order valence-corrected chi connectivity index (χ3v) is 27.0. The zero-order valence-electron chi connectivity index (χ0n) is 60.2. The fourth-order valence-electron chi connectivity index (χ4n) is 15.9. The molecule has 12 rings (SSSR count). The molecule has 0 spiro atoms. The van der Waals surface area contributed by atoms with Crippen molar-refractivity contribution in [1.29, 1.82) is 0 Å². The van der Waals surface area contributed by atoms with Gasteiger partial charge in [-0.1, -0.05) is 102 Å². The number of aryl methyl sites for hydroxylation is 1. The largest absolute Gasteiger partial charge is 0.501 e. The summed E-state index contributed by atoms with van der Waals surface area (Å²) in [5, 5.41) is 19.7. The molecule has 5 aromatic rings. The Bertz CT molecular complexity index is 4150. The first-order chi connectivity index (χ1) is 48.6. The number of likely N-dealkylation sites (tertiary alicyclic amines) is 1. The summed E-state index contributed by atoms with van der Waals surface area (Å²) < 4.78 is 100. The lowest BCUT2D eigenvalue weighted by molar-refractivity contribution is -0.182. The van der Waals surface area contributed by atoms with E-state index in [1.165, 1.54) is 67.3 Å². The average molecular weight is 1500 g/mol. The van der Waals surface area contributed by atoms with Gasteiger partial charge in [-0.25, -0.2) is 26.5 Å². The SMILES string of the molecule is CCC12CC(C3=C(CN4CCN(c5ccc(C(=O)NS(=O)(=O)c6ccc(N[C@H](CCN7CCN(C(=O)CCCC(=O)N[C@H](C(=O)N8C[C@H](O)C[C@H]8C(=O)N[C@@H](C)c8ccc(-c9scnc9C)cc8)C(C)(C)C)CC7)CSc7ccccc7)c(S(=O)(=O)C(F)(F)F)c6)cc5)CC4)CCC(C)(C)C3)(C1)C2. The van der Waals surface area contributed by atoms with Crippen LogP contribution in [0.1, 0.15) is 153 Å². The van der Waals surface area contributed by atoms with Gasteiger partial charge in [-0.3, -0.25) is 33.8 Å². The van der Waals surface area contributed by atoms with E-state index in [4.69, 9.17) is 0 Å². The minimum Gasteiger partial charge on any atom is -0.391 e. The number of aliphatic hydroxyl groups excluding tert-OH is 1. The van der Waals surface area contributed by atoms with E-state index in [2.05, 4.69) is 56.4 Å². The second kappa shape index (κ2) is 31.3. The number of nitrogens with zero attached hydrogens (tertiary/aromatic N) is 6. The number of β-amino-alcohol motifs (C(OH)–C–C–N with tert-alkyl or cyclic N) is 1. The Labute approximate surface area is 612 Å². The Morgan fingerprint density at radius 1 is 0.825 bits per heavy atom. The number of rotatable bonds is 27. The first-order valence-electron chi connectivity index (χ1n) is 36.0. The normalized spacial score (nSPS) is 22.7. The van der Waals surface area contributed by atoms with E-state index >= 15 is 0 Å². The molecule has 7 aliphatic rings. The van der Waals surface area contributed by atoms with Crippen LogP contribution in [0.15, 0.2) is 128 Å². The van der Waals surface area contributed by atoms with Crippen molar-refractivity contribution in [3.8, 4) is 10.4 Å². The van der Waals surface area contributed by atoms with Crippen LogP contribution in [0.25, 0.3) is 10.4 Å². The van der Waals surface area contributed by atoms with E-state index in [1.807, 2.05) is 73.2 Å². The number of carbonyl (C=O) groups excluding carboxylic acids is 5. The van der Waals surface area contributed by atoms with Gasteiger partial charge in [0.1, 0.15) is 17.0 Å². The quantitative estimate of drug-likeness (QED) is 0.0242. The number of nitrogens with one attached hydrogen (secondary N) is 4. The molecule has 3 saturated carbocycles. The van der Waals surface area contributed by atoms with Crippen molar-refractivity contribution in [3.05, 3.63) is 131 Å². The van der Waals surface area contributed by atoms with Crippen LogP contribution in [-0.2, 0) is 39.0 Å². The minimum absolute atomic E-state index is 0.0235. The minimum atomic E-state index is -6.19. The molecule has 27 heteroatoms. The van der Waals surface area contributed by atoms with Crippen LogP contribution in [0.3, 0.4) is 0 Å². The van der Waals surface area contributed by atoms with Crippen molar-refractivity contribution in [3.63, 3.8) is 0 Å². The van der Waals surface area contributed by atoms with E-state index in [0.717, 1.165) is 83.6 Å². The number of alkyl halides is 3. The first kappa shape index (κ1) is 77.2. The van der Waals surface area contributed by atoms with Crippen LogP contribution in [-0.4, -0.2) is 184 Å². The Kier molecular flexibility index (Phi) is 23.5. The number of aromatic nitrogens is 1. The number of piperazine rings is 2. The van der Waals surface area contributed by atoms with Gasteiger partial charge in [0.2, 0.25) is 23.6 Å². The third-order valence-electron chi connectivity index (χ3n) is 22.0. The molecular weight excluding hydrogens is 1400 g/mol. The molecule has 1 aromatic heterocycles. The molecule has 0 radical (unpaired) electrons. The van der Waals surface area contributed by atoms with E-state index in [9.17, 15) is 59.1 Å². The molecule has 4 heterocycles. The molecule has 4 aromatic carbocycles. The van der Waals surface area contributed by atoms with Crippen molar-refractivity contribution >= 4 is 83.9 Å². The molecule has 4 aliphatic carbocycles. The summed E-state index contributed by atoms with van der Waals surface area (Å²) in [6.07, 6.45) is 8.30. The average Bonchev–Trinajstić information content (AvgIpc) is 0.930. The highest BCUT2D eigenvalue weighted by Gasteiger charge is 2.68. The van der Waals surface area contributed by atoms with Crippen molar-refractivity contribution in [2.24, 2.45) is 21.7 Å². The maximum atomic E-state index is 14.6. The van der Waals surface area contributed by atoms with Gasteiger partial charge in [0.15, 0.2) is 0 Å². The lowest BCUT2D eigenvalue weighted by atomic mass is 9.31. The molecule has 103 heavy (non-hydrogen) atoms. The number of hydrogen-bond donors (Lipinski definition) is 5. The standard InChI is InChI=1S/C76H99F3N10O10S4/c1-9-74-46-75(47-74,48-74)61-42-73(7,8)30-28-55(61)43-86-34-36-87(37-35-86)57-24-22-54(23-25-57)69(93)84-103(98,99)60-26-27-62(64(41-60)102(96,97)76(77,78)79)82-56(45-100-59-14-11-10-12-15-59)29-31-85-32-38-88(39-33-85)66(92)17-13-16-65(91)83-68(72(4,5)6)71(95)89-44-58(90)40-63(89)70(94)81-50(2)52-18-20-53(21-19-52)67-51(3)80-49-101-67/h10-12,14-15,18-27,41,49-50,56,58,63,68,82,90H,9,13,16-17,28-40,42-48H2,1-8H3,(H,81,94)(H,83,91)(H,84,93)/t50-,56+,58+,63-,68+,74?,75?/m0/s1. The maximum Gasteiger partial charge on any atom is 0.501 e. The number of thiazole rings is 1. The number of thioether (sulfide) groups is 1. The molecule has 5 N–H and O–H groups in total. The van der Waals surface area contributed by atoms with E-state index in [0.29, 0.717) is 55.0 Å². The Morgan fingerprint density at radius 2 is 1.50 bits per heavy atom. The van der Waals surface area contributed by atoms with E-state index in [-0.39, 0.29) is 55.9 Å². The van der Waals surface area contributed by atoms with Crippen LogP contribution in [0.4, 0.5) is 24.5 Å². The number of sulfonamides is 1. The fourth-order valence-corrected chi connectivity index (χ4v) is 19.7. The Hall–Kier alpha value is -6.88. The number of halogens is 3. The predicted molar refractivity (Wildman–Crippen MR) is 396 cm³/mol. The summed E-state index contributed by atoms with van der Waals surface area (Å²) in [6.45, 7) is 22.3. The number of sulfone groups is 1. The first-order valence-corrected chi connectivity index (χ1v) is 40.8. The number of hydrogen-bond acceptors (Lipinski definition) is 17. The van der Waals surface area contributed by atoms with Gasteiger partial charge in [0.25, 0.3) is 25.8 Å². The van der Waals surface area contributed by atoms with Crippen LogP contribution in [0, 0.1) is 28.6 Å². The van der Waals surface area contributed by atoms with Crippen molar-refractivity contribution in [2.75, 3.05) is 88.0 Å². The molecule has 20 nitrogen and oxygen atoms in total. The smallest absolute Gasteiger partial charge is 0.391 e. The molecule has 6 fully saturated rings. The third kappa shape index (κ3) is 18.0. The highest BCUT2D eigenvalue weighted by Crippen LogP contribution is 2.79. The zero-order chi connectivity index (χ0) is 74.0. The van der Waals surface area contributed by atoms with Crippen molar-refractivity contribution < 1.29 is 59.1 Å². The van der Waals surface area contributed by atoms with Crippen molar-refractivity contribution in [2.45, 2.75) is 183 Å². The summed E-state index contributed by atoms with van der Waals surface area (Å²) in [6, 6.07) is 22.7. The van der Waals surface area contributed by atoms with Gasteiger partial charge >= 0.3 is 5.51 Å². The second-order valence-corrected chi connectivity index (χ2v) is 36.7. The highest BCUT2D eigenvalue weighted by molar-refractivity contribution is 7.99. The Balaban J connectivity index is 0.661. The number of aliphatic hydroxyl groups is 1. The summed E-state index contributed by atoms with van der Waals surface area (Å²) in [4.78, 5) is 82.9. The number of anilines is 2. The predicted octanol–water partition coefficient (Wildman–Crippen LogP) is 11.4. The molecule has 558 valence electrons. The number of allylic oxidation sites excluding steroid dienone is 1. The molecule has 5 atom stereocenters. The van der Waals surface area contributed by atoms with Gasteiger partial charge in [0.05, 0.1) is 38.8 Å². The van der Waals surface area contributed by atoms with E-state index < -0.39 is 100 Å². The monoisotopic (exact) mass is 1500 g/mol. The lowest BCUT2D eigenvalue weighted by Gasteiger charge is -2.73. The molecule has 0 unspecified atom stereocenters. The molecule has 5 amide bonds. The highest BCUT2D eigenvalue weighted by atomic mass is 32.2. The van der Waals surface area contributed by atoms with Gasteiger partial charge in [-0.15, -0.1) is 23.1 Å². The zero-order valence-corrected chi connectivity index (χ0v) is 63.5. The molecule has 2 bridgehead atoms. The summed E-state index contributed by atoms with van der Waals surface area (Å²) in [5.74, 6) is -2.38. The van der Waals surface area contributed by atoms with Gasteiger partial charge in [0, 0.05) is 119 Å². The fraction of sp³-hybridized carbons (Fsp3) is 0.553. The van der Waals surface area contributed by atoms with Crippen LogP contribution >= 0.6 is 23.1 Å². The summed E-state index contributed by atoms with van der Waals surface area (Å²) in [7, 11) is -11.1. The van der Waals surface area contributed by atoms with Crippen LogP contribution in [0.5, 0.6) is 0 Å². The van der Waals surface area contributed by atoms with Crippen molar-refractivity contribution in [1.82, 2.24) is 39.9 Å². The molecule has 3 aliphatic heterocycles. The summed E-state index contributed by atoms with van der Waals surface area (Å²) >= 11 is 2.93. The van der Waals surface area contributed by atoms with E-state index in [1.54, 1.807) is 65.8 Å². The number of amides is 5. The number of benzene rings is 4. The Morgan fingerprint density at radius 3 is 2.13 bits per heavy atom. The van der Waals surface area contributed by atoms with Gasteiger partial charge in [-0.05, 0) is 153 Å². The van der Waals surface area contributed by atoms with Crippen LogP contribution in [0.2, 0.25) is 0 Å². The second-order valence-electron chi connectivity index (χ2n) is 31.2. The topological polar surface area (TPSA) is 251 Å². The lowest BCUT2D eigenvalue weighted by Crippen LogP contribution is -2.63.